The van der Waals surface area contributed by atoms with E-state index in [1.165, 1.54) is 0 Å². The van der Waals surface area contributed by atoms with Crippen LogP contribution in [0.5, 0.6) is 11.5 Å². The first-order valence-electron chi connectivity index (χ1n) is 11.1. The van der Waals surface area contributed by atoms with Gasteiger partial charge in [-0.3, -0.25) is 14.6 Å². The van der Waals surface area contributed by atoms with E-state index in [1.807, 2.05) is 24.0 Å². The monoisotopic (exact) mass is 445 g/mol. The maximum atomic E-state index is 12.8. The van der Waals surface area contributed by atoms with Crippen molar-refractivity contribution in [3.63, 3.8) is 0 Å². The highest BCUT2D eigenvalue weighted by Gasteiger charge is 2.19. The molecule has 1 aliphatic rings. The van der Waals surface area contributed by atoms with Crippen molar-refractivity contribution in [1.29, 1.82) is 0 Å². The SMILES string of the molecule is CCOc1cc(C(=O)Nc2ccc(C(=O)N3CCCC3)cc2)ccc1OCc1cccnc1. The standard InChI is InChI=1S/C26H27N3O4/c1-2-32-24-16-21(9-12-23(24)33-18-19-6-5-13-27-17-19)25(30)28-22-10-7-20(8-11-22)26(31)29-14-3-4-15-29/h5-13,16-17H,2-4,14-15,18H2,1H3,(H,28,30). The van der Waals surface area contributed by atoms with Crippen molar-refractivity contribution < 1.29 is 19.1 Å². The molecule has 1 saturated heterocycles. The van der Waals surface area contributed by atoms with Gasteiger partial charge >= 0.3 is 0 Å². The van der Waals surface area contributed by atoms with Crippen molar-refractivity contribution in [2.24, 2.45) is 0 Å². The number of rotatable bonds is 8. The average Bonchev–Trinajstić information content (AvgIpc) is 3.39. The molecule has 4 rings (SSSR count). The molecule has 0 radical (unpaired) electrons. The van der Waals surface area contributed by atoms with Crippen molar-refractivity contribution >= 4 is 17.5 Å². The zero-order valence-electron chi connectivity index (χ0n) is 18.6. The molecule has 0 spiro atoms. The predicted molar refractivity (Wildman–Crippen MR) is 126 cm³/mol. The summed E-state index contributed by atoms with van der Waals surface area (Å²) in [5.74, 6) is 0.824. The Morgan fingerprint density at radius 1 is 0.970 bits per heavy atom. The second kappa shape index (κ2) is 10.6. The van der Waals surface area contributed by atoms with Crippen molar-refractivity contribution in [2.45, 2.75) is 26.4 Å². The lowest BCUT2D eigenvalue weighted by Crippen LogP contribution is -2.27. The van der Waals surface area contributed by atoms with E-state index in [1.54, 1.807) is 54.9 Å². The van der Waals surface area contributed by atoms with Gasteiger partial charge in [0.1, 0.15) is 6.61 Å². The van der Waals surface area contributed by atoms with Crippen LogP contribution in [0, 0.1) is 0 Å². The molecule has 0 unspecified atom stereocenters. The van der Waals surface area contributed by atoms with E-state index >= 15 is 0 Å². The van der Waals surface area contributed by atoms with Gasteiger partial charge in [0.15, 0.2) is 11.5 Å². The number of anilines is 1. The Labute approximate surface area is 193 Å². The lowest BCUT2D eigenvalue weighted by Gasteiger charge is -2.15. The van der Waals surface area contributed by atoms with Crippen molar-refractivity contribution in [3.05, 3.63) is 83.7 Å². The molecule has 2 heterocycles. The molecule has 1 N–H and O–H groups in total. The third-order valence-electron chi connectivity index (χ3n) is 5.41. The van der Waals surface area contributed by atoms with Crippen molar-refractivity contribution in [2.75, 3.05) is 25.0 Å². The molecule has 0 bridgehead atoms. The highest BCUT2D eigenvalue weighted by Crippen LogP contribution is 2.29. The Bertz CT molecular complexity index is 1090. The number of nitrogens with one attached hydrogen (secondary N) is 1. The number of carbonyl (C=O) groups is 2. The molecule has 1 fully saturated rings. The first kappa shape index (κ1) is 22.3. The Morgan fingerprint density at radius 2 is 1.73 bits per heavy atom. The van der Waals surface area contributed by atoms with Crippen LogP contribution in [0.1, 0.15) is 46.0 Å². The molecule has 7 nitrogen and oxygen atoms in total. The van der Waals surface area contributed by atoms with Crippen LogP contribution in [0.15, 0.2) is 67.0 Å². The van der Waals surface area contributed by atoms with Crippen LogP contribution in [0.2, 0.25) is 0 Å². The lowest BCUT2D eigenvalue weighted by molar-refractivity contribution is 0.0792. The zero-order valence-corrected chi connectivity index (χ0v) is 18.6. The van der Waals surface area contributed by atoms with Gasteiger partial charge in [-0.1, -0.05) is 6.07 Å². The molecule has 33 heavy (non-hydrogen) atoms. The van der Waals surface area contributed by atoms with E-state index in [4.69, 9.17) is 9.47 Å². The van der Waals surface area contributed by atoms with Gasteiger partial charge in [0.05, 0.1) is 6.61 Å². The Morgan fingerprint density at radius 3 is 2.42 bits per heavy atom. The molecule has 1 aliphatic heterocycles. The maximum absolute atomic E-state index is 12.8. The van der Waals surface area contributed by atoms with E-state index < -0.39 is 0 Å². The fraction of sp³-hybridized carbons (Fsp3) is 0.269. The van der Waals surface area contributed by atoms with Gasteiger partial charge in [-0.25, -0.2) is 0 Å². The topological polar surface area (TPSA) is 80.8 Å². The summed E-state index contributed by atoms with van der Waals surface area (Å²) in [6.45, 7) is 4.29. The number of carbonyl (C=O) groups excluding carboxylic acids is 2. The number of hydrogen-bond donors (Lipinski definition) is 1. The third kappa shape index (κ3) is 5.68. The van der Waals surface area contributed by atoms with Gasteiger partial charge in [0, 0.05) is 47.9 Å². The molecular weight excluding hydrogens is 418 g/mol. The number of nitrogens with zero attached hydrogens (tertiary/aromatic N) is 2. The summed E-state index contributed by atoms with van der Waals surface area (Å²) < 4.78 is 11.6. The molecule has 0 aliphatic carbocycles. The highest BCUT2D eigenvalue weighted by molar-refractivity contribution is 6.05. The van der Waals surface area contributed by atoms with Gasteiger partial charge in [0.2, 0.25) is 0 Å². The first-order valence-corrected chi connectivity index (χ1v) is 11.1. The number of benzene rings is 2. The van der Waals surface area contributed by atoms with Gasteiger partial charge in [0.25, 0.3) is 11.8 Å². The van der Waals surface area contributed by atoms with Crippen LogP contribution in [0.25, 0.3) is 0 Å². The van der Waals surface area contributed by atoms with E-state index in [0.29, 0.717) is 41.5 Å². The third-order valence-corrected chi connectivity index (χ3v) is 5.41. The van der Waals surface area contributed by atoms with Crippen LogP contribution >= 0.6 is 0 Å². The number of ether oxygens (including phenoxy) is 2. The number of amides is 2. The molecule has 0 saturated carbocycles. The quantitative estimate of drug-likeness (QED) is 0.550. The zero-order chi connectivity index (χ0) is 23.0. The van der Waals surface area contributed by atoms with E-state index in [0.717, 1.165) is 31.5 Å². The molecule has 0 atom stereocenters. The van der Waals surface area contributed by atoms with Gasteiger partial charge in [-0.05, 0) is 68.3 Å². The minimum absolute atomic E-state index is 0.0357. The van der Waals surface area contributed by atoms with E-state index in [9.17, 15) is 9.59 Å². The summed E-state index contributed by atoms with van der Waals surface area (Å²) in [6.07, 6.45) is 5.56. The molecule has 7 heteroatoms. The molecule has 170 valence electrons. The molecular formula is C26H27N3O4. The van der Waals surface area contributed by atoms with Gasteiger partial charge < -0.3 is 19.7 Å². The minimum Gasteiger partial charge on any atom is -0.490 e. The lowest BCUT2D eigenvalue weighted by atomic mass is 10.1. The smallest absolute Gasteiger partial charge is 0.255 e. The van der Waals surface area contributed by atoms with Crippen LogP contribution in [-0.2, 0) is 6.61 Å². The normalized spacial score (nSPS) is 12.9. The Hall–Kier alpha value is -3.87. The minimum atomic E-state index is -0.270. The number of pyridine rings is 1. The summed E-state index contributed by atoms with van der Waals surface area (Å²) in [4.78, 5) is 31.2. The average molecular weight is 446 g/mol. The summed E-state index contributed by atoms with van der Waals surface area (Å²) >= 11 is 0. The first-order chi connectivity index (χ1) is 16.1. The number of likely N-dealkylation sites (tertiary alicyclic amines) is 1. The second-order valence-electron chi connectivity index (χ2n) is 7.78. The molecule has 1 aromatic heterocycles. The Kier molecular flexibility index (Phi) is 7.19. The van der Waals surface area contributed by atoms with Crippen LogP contribution in [0.4, 0.5) is 5.69 Å². The van der Waals surface area contributed by atoms with Crippen LogP contribution in [-0.4, -0.2) is 41.4 Å². The molecule has 2 amide bonds. The fourth-order valence-electron chi connectivity index (χ4n) is 3.68. The largest absolute Gasteiger partial charge is 0.490 e. The van der Waals surface area contributed by atoms with Crippen LogP contribution in [0.3, 0.4) is 0 Å². The van der Waals surface area contributed by atoms with Crippen molar-refractivity contribution in [1.82, 2.24) is 9.88 Å². The summed E-state index contributed by atoms with van der Waals surface area (Å²) in [6, 6.07) is 15.9. The van der Waals surface area contributed by atoms with E-state index in [2.05, 4.69) is 10.3 Å². The molecule has 2 aromatic carbocycles. The van der Waals surface area contributed by atoms with E-state index in [-0.39, 0.29) is 11.8 Å². The van der Waals surface area contributed by atoms with Crippen LogP contribution < -0.4 is 14.8 Å². The van der Waals surface area contributed by atoms with Crippen molar-refractivity contribution in [3.8, 4) is 11.5 Å². The summed E-state index contributed by atoms with van der Waals surface area (Å²) in [5.41, 5.74) is 2.63. The second-order valence-corrected chi connectivity index (χ2v) is 7.78. The van der Waals surface area contributed by atoms with Gasteiger partial charge in [-0.15, -0.1) is 0 Å². The molecule has 3 aromatic rings. The predicted octanol–water partition coefficient (Wildman–Crippen LogP) is 4.55. The summed E-state index contributed by atoms with van der Waals surface area (Å²) in [5, 5.41) is 2.87. The van der Waals surface area contributed by atoms with Gasteiger partial charge in [-0.2, -0.15) is 0 Å². The fourth-order valence-corrected chi connectivity index (χ4v) is 3.68. The Balaban J connectivity index is 1.41. The highest BCUT2D eigenvalue weighted by atomic mass is 16.5. The number of hydrogen-bond acceptors (Lipinski definition) is 5. The number of aromatic nitrogens is 1. The maximum Gasteiger partial charge on any atom is 0.255 e. The summed E-state index contributed by atoms with van der Waals surface area (Å²) in [7, 11) is 0.